The first kappa shape index (κ1) is 13.8. The van der Waals surface area contributed by atoms with E-state index in [2.05, 4.69) is 0 Å². The van der Waals surface area contributed by atoms with Crippen LogP contribution in [0.1, 0.15) is 13.8 Å². The van der Waals surface area contributed by atoms with Crippen LogP contribution in [0.2, 0.25) is 0 Å². The summed E-state index contributed by atoms with van der Waals surface area (Å²) in [4.78, 5) is 0. The van der Waals surface area contributed by atoms with Crippen molar-refractivity contribution in [1.29, 1.82) is 0 Å². The van der Waals surface area contributed by atoms with Gasteiger partial charge >= 0.3 is 0 Å². The quantitative estimate of drug-likeness (QED) is 0.529. The van der Waals surface area contributed by atoms with Gasteiger partial charge in [-0.3, -0.25) is 0 Å². The molecule has 0 saturated heterocycles. The minimum absolute atomic E-state index is 0.216. The molecule has 0 aliphatic carbocycles. The van der Waals surface area contributed by atoms with Gasteiger partial charge in [0.1, 0.15) is 0 Å². The van der Waals surface area contributed by atoms with Crippen LogP contribution >= 0.6 is 0 Å². The van der Waals surface area contributed by atoms with Crippen molar-refractivity contribution < 1.29 is 18.9 Å². The lowest BCUT2D eigenvalue weighted by atomic mass is 10.1. The summed E-state index contributed by atoms with van der Waals surface area (Å²) in [6.45, 7) is 6.99. The van der Waals surface area contributed by atoms with Crippen LogP contribution < -0.4 is 0 Å². The fourth-order valence-corrected chi connectivity index (χ4v) is 0.739. The average molecular weight is 206 g/mol. The Morgan fingerprint density at radius 1 is 0.857 bits per heavy atom. The summed E-state index contributed by atoms with van der Waals surface area (Å²) >= 11 is 0. The first-order chi connectivity index (χ1) is 6.62. The van der Waals surface area contributed by atoms with Crippen molar-refractivity contribution in [1.82, 2.24) is 0 Å². The third-order valence-electron chi connectivity index (χ3n) is 1.81. The van der Waals surface area contributed by atoms with Crippen LogP contribution in [0.5, 0.6) is 0 Å². The highest BCUT2D eigenvalue weighted by atomic mass is 16.6. The maximum absolute atomic E-state index is 5.38. The normalized spacial score (nSPS) is 12.0. The molecule has 0 aromatic carbocycles. The summed E-state index contributed by atoms with van der Waals surface area (Å²) in [7, 11) is 3.33. The van der Waals surface area contributed by atoms with E-state index in [-0.39, 0.29) is 5.60 Å². The van der Waals surface area contributed by atoms with Crippen molar-refractivity contribution in [3.05, 3.63) is 0 Å². The third kappa shape index (κ3) is 8.44. The van der Waals surface area contributed by atoms with Gasteiger partial charge in [0.2, 0.25) is 0 Å². The summed E-state index contributed by atoms with van der Waals surface area (Å²) in [5.74, 6) is 0. The van der Waals surface area contributed by atoms with E-state index in [1.54, 1.807) is 14.2 Å². The first-order valence-electron chi connectivity index (χ1n) is 4.82. The molecule has 4 nitrogen and oxygen atoms in total. The van der Waals surface area contributed by atoms with E-state index in [4.69, 9.17) is 18.9 Å². The molecule has 4 heteroatoms. The van der Waals surface area contributed by atoms with Gasteiger partial charge in [0.25, 0.3) is 0 Å². The number of hydrogen-bond donors (Lipinski definition) is 0. The minimum Gasteiger partial charge on any atom is -0.382 e. The van der Waals surface area contributed by atoms with Crippen LogP contribution in [0, 0.1) is 0 Å². The fourth-order valence-electron chi connectivity index (χ4n) is 0.739. The molecule has 0 unspecified atom stereocenters. The molecule has 0 aliphatic heterocycles. The standard InChI is InChI=1S/C10H22O4/c1-10(2,12-4)9-14-8-7-13-6-5-11-3/h5-9H2,1-4H3. The van der Waals surface area contributed by atoms with Crippen molar-refractivity contribution in [2.75, 3.05) is 47.3 Å². The highest BCUT2D eigenvalue weighted by Gasteiger charge is 2.15. The Labute approximate surface area is 86.5 Å². The summed E-state index contributed by atoms with van der Waals surface area (Å²) in [5, 5.41) is 0. The van der Waals surface area contributed by atoms with Crippen LogP contribution in [0.15, 0.2) is 0 Å². The number of methoxy groups -OCH3 is 2. The predicted molar refractivity (Wildman–Crippen MR) is 54.6 cm³/mol. The van der Waals surface area contributed by atoms with Crippen LogP contribution in [0.4, 0.5) is 0 Å². The maximum atomic E-state index is 5.38. The molecule has 0 radical (unpaired) electrons. The van der Waals surface area contributed by atoms with E-state index < -0.39 is 0 Å². The van der Waals surface area contributed by atoms with Gasteiger partial charge < -0.3 is 18.9 Å². The van der Waals surface area contributed by atoms with Crippen LogP contribution in [0.25, 0.3) is 0 Å². The number of rotatable bonds is 9. The number of ether oxygens (including phenoxy) is 4. The van der Waals surface area contributed by atoms with E-state index in [1.165, 1.54) is 0 Å². The molecule has 86 valence electrons. The molecule has 14 heavy (non-hydrogen) atoms. The topological polar surface area (TPSA) is 36.9 Å². The first-order valence-corrected chi connectivity index (χ1v) is 4.82. The minimum atomic E-state index is -0.216. The van der Waals surface area contributed by atoms with Crippen LogP contribution in [-0.2, 0) is 18.9 Å². The molecule has 0 aliphatic rings. The second kappa shape index (κ2) is 8.17. The molecule has 0 saturated carbocycles. The molecular formula is C10H22O4. The van der Waals surface area contributed by atoms with E-state index in [9.17, 15) is 0 Å². The SMILES string of the molecule is COCCOCCOCC(C)(C)OC. The zero-order chi connectivity index (χ0) is 10.9. The molecule has 0 aromatic rings. The monoisotopic (exact) mass is 206 g/mol. The molecule has 0 amide bonds. The van der Waals surface area contributed by atoms with Gasteiger partial charge in [0, 0.05) is 14.2 Å². The Hall–Kier alpha value is -0.160. The lowest BCUT2D eigenvalue weighted by Crippen LogP contribution is -2.29. The number of hydrogen-bond acceptors (Lipinski definition) is 4. The molecule has 0 atom stereocenters. The van der Waals surface area contributed by atoms with Gasteiger partial charge in [0.15, 0.2) is 0 Å². The smallest absolute Gasteiger partial charge is 0.0855 e. The van der Waals surface area contributed by atoms with Gasteiger partial charge in [-0.25, -0.2) is 0 Å². The molecule has 0 fully saturated rings. The van der Waals surface area contributed by atoms with Crippen molar-refractivity contribution in [2.45, 2.75) is 19.4 Å². The summed E-state index contributed by atoms with van der Waals surface area (Å²) in [5.41, 5.74) is -0.216. The lowest BCUT2D eigenvalue weighted by molar-refractivity contribution is -0.0629. The van der Waals surface area contributed by atoms with Gasteiger partial charge in [-0.1, -0.05) is 0 Å². The summed E-state index contributed by atoms with van der Waals surface area (Å²) < 4.78 is 20.6. The summed E-state index contributed by atoms with van der Waals surface area (Å²) in [6.07, 6.45) is 0. The second-order valence-corrected chi connectivity index (χ2v) is 3.62. The molecule has 0 N–H and O–H groups in total. The maximum Gasteiger partial charge on any atom is 0.0855 e. The van der Waals surface area contributed by atoms with E-state index in [0.717, 1.165) is 0 Å². The van der Waals surface area contributed by atoms with Gasteiger partial charge in [-0.05, 0) is 13.8 Å². The van der Waals surface area contributed by atoms with Crippen molar-refractivity contribution in [2.24, 2.45) is 0 Å². The average Bonchev–Trinajstić information content (AvgIpc) is 2.16. The van der Waals surface area contributed by atoms with E-state index in [1.807, 2.05) is 13.8 Å². The van der Waals surface area contributed by atoms with Crippen LogP contribution in [0.3, 0.4) is 0 Å². The van der Waals surface area contributed by atoms with Gasteiger partial charge in [0.05, 0.1) is 38.6 Å². The Morgan fingerprint density at radius 3 is 2.00 bits per heavy atom. The second-order valence-electron chi connectivity index (χ2n) is 3.62. The fraction of sp³-hybridized carbons (Fsp3) is 1.00. The van der Waals surface area contributed by atoms with E-state index >= 15 is 0 Å². The Kier molecular flexibility index (Phi) is 8.08. The van der Waals surface area contributed by atoms with Crippen molar-refractivity contribution >= 4 is 0 Å². The molecular weight excluding hydrogens is 184 g/mol. The van der Waals surface area contributed by atoms with Gasteiger partial charge in [-0.2, -0.15) is 0 Å². The molecule has 0 spiro atoms. The Balaban J connectivity index is 3.13. The molecule has 0 aromatic heterocycles. The predicted octanol–water partition coefficient (Wildman–Crippen LogP) is 1.09. The highest BCUT2D eigenvalue weighted by molar-refractivity contribution is 4.65. The third-order valence-corrected chi connectivity index (χ3v) is 1.81. The molecule has 0 bridgehead atoms. The van der Waals surface area contributed by atoms with Gasteiger partial charge in [-0.15, -0.1) is 0 Å². The van der Waals surface area contributed by atoms with Crippen molar-refractivity contribution in [3.63, 3.8) is 0 Å². The summed E-state index contributed by atoms with van der Waals surface area (Å²) in [6, 6.07) is 0. The Morgan fingerprint density at radius 2 is 1.43 bits per heavy atom. The van der Waals surface area contributed by atoms with Crippen molar-refractivity contribution in [3.8, 4) is 0 Å². The largest absolute Gasteiger partial charge is 0.382 e. The zero-order valence-electron chi connectivity index (χ0n) is 9.67. The highest BCUT2D eigenvalue weighted by Crippen LogP contribution is 2.06. The Bertz CT molecular complexity index is 125. The molecule has 0 rings (SSSR count). The zero-order valence-corrected chi connectivity index (χ0v) is 9.67. The molecule has 0 heterocycles. The van der Waals surface area contributed by atoms with Crippen LogP contribution in [-0.4, -0.2) is 52.9 Å². The lowest BCUT2D eigenvalue weighted by Gasteiger charge is -2.22. The van der Waals surface area contributed by atoms with E-state index in [0.29, 0.717) is 33.0 Å².